The van der Waals surface area contributed by atoms with E-state index < -0.39 is 8.53 Å². The molecule has 0 aromatic rings. The van der Waals surface area contributed by atoms with Gasteiger partial charge in [0.15, 0.2) is 0 Å². The second-order valence-corrected chi connectivity index (χ2v) is 4.36. The highest BCUT2D eigenvalue weighted by Gasteiger charge is 2.18. The van der Waals surface area contributed by atoms with Gasteiger partial charge in [0.2, 0.25) is 0 Å². The van der Waals surface area contributed by atoms with Crippen LogP contribution in [0.2, 0.25) is 0 Å². The van der Waals surface area contributed by atoms with E-state index in [9.17, 15) is 0 Å². The Morgan fingerprint density at radius 2 is 1.58 bits per heavy atom. The van der Waals surface area contributed by atoms with Crippen LogP contribution in [-0.4, -0.2) is 31.0 Å². The molecule has 0 rings (SSSR count). The van der Waals surface area contributed by atoms with Crippen LogP contribution in [-0.2, 0) is 9.05 Å². The maximum absolute atomic E-state index is 5.47. The van der Waals surface area contributed by atoms with Crippen LogP contribution in [0.1, 0.15) is 27.7 Å². The molecule has 0 aliphatic rings. The van der Waals surface area contributed by atoms with Gasteiger partial charge in [0.1, 0.15) is 0 Å². The molecule has 12 heavy (non-hydrogen) atoms. The van der Waals surface area contributed by atoms with Crippen LogP contribution in [0.25, 0.3) is 0 Å². The van der Waals surface area contributed by atoms with Crippen molar-refractivity contribution in [3.8, 4) is 0 Å². The fraction of sp³-hybridized carbons (Fsp3) is 1.00. The first-order valence-electron chi connectivity index (χ1n) is 4.42. The molecule has 0 unspecified atom stereocenters. The molecule has 0 saturated carbocycles. The van der Waals surface area contributed by atoms with E-state index >= 15 is 0 Å². The van der Waals surface area contributed by atoms with Crippen molar-refractivity contribution in [3.05, 3.63) is 0 Å². The van der Waals surface area contributed by atoms with Gasteiger partial charge in [-0.2, -0.15) is 0 Å². The van der Waals surface area contributed by atoms with E-state index in [0.29, 0.717) is 19.3 Å². The molecule has 0 spiro atoms. The first-order chi connectivity index (χ1) is 5.63. The van der Waals surface area contributed by atoms with Crippen LogP contribution in [0, 0.1) is 0 Å². The summed E-state index contributed by atoms with van der Waals surface area (Å²) in [5.74, 6) is 0. The van der Waals surface area contributed by atoms with Crippen molar-refractivity contribution in [3.63, 3.8) is 0 Å². The van der Waals surface area contributed by atoms with Gasteiger partial charge in [0, 0.05) is 6.04 Å². The molecule has 0 aromatic carbocycles. The van der Waals surface area contributed by atoms with E-state index in [1.165, 1.54) is 0 Å². The third-order valence-electron chi connectivity index (χ3n) is 1.48. The van der Waals surface area contributed by atoms with Gasteiger partial charge >= 0.3 is 0 Å². The molecule has 0 fully saturated rings. The zero-order valence-electron chi connectivity index (χ0n) is 8.70. The normalized spacial score (nSPS) is 12.0. The molecule has 4 heteroatoms. The number of hydrogen-bond acceptors (Lipinski definition) is 3. The maximum atomic E-state index is 5.47. The molecule has 0 aliphatic carbocycles. The Kier molecular flexibility index (Phi) is 6.96. The van der Waals surface area contributed by atoms with Gasteiger partial charge in [-0.15, -0.1) is 0 Å². The van der Waals surface area contributed by atoms with Crippen LogP contribution < -0.4 is 0 Å². The number of nitrogens with zero attached hydrogens (tertiary/aromatic N) is 1. The Bertz CT molecular complexity index is 105. The fourth-order valence-electron chi connectivity index (χ4n) is 0.629. The van der Waals surface area contributed by atoms with E-state index in [4.69, 9.17) is 9.05 Å². The predicted octanol–water partition coefficient (Wildman–Crippen LogP) is 2.63. The summed E-state index contributed by atoms with van der Waals surface area (Å²) in [6.07, 6.45) is 0. The Morgan fingerprint density at radius 3 is 1.83 bits per heavy atom. The van der Waals surface area contributed by atoms with Crippen molar-refractivity contribution in [1.29, 1.82) is 0 Å². The molecule has 0 saturated heterocycles. The molecule has 0 amide bonds. The molecule has 3 nitrogen and oxygen atoms in total. The van der Waals surface area contributed by atoms with E-state index in [0.717, 1.165) is 0 Å². The minimum absolute atomic E-state index is 0.467. The molecule has 0 radical (unpaired) electrons. The third kappa shape index (κ3) is 4.36. The summed E-state index contributed by atoms with van der Waals surface area (Å²) in [4.78, 5) is 0. The molecule has 0 atom stereocenters. The minimum atomic E-state index is -0.828. The van der Waals surface area contributed by atoms with Crippen molar-refractivity contribution in [2.45, 2.75) is 33.7 Å². The Balaban J connectivity index is 3.89. The van der Waals surface area contributed by atoms with Crippen LogP contribution in [0.3, 0.4) is 0 Å². The summed E-state index contributed by atoms with van der Waals surface area (Å²) in [6, 6.07) is 0.467. The van der Waals surface area contributed by atoms with Crippen LogP contribution in [0.5, 0.6) is 0 Å². The van der Waals surface area contributed by atoms with Gasteiger partial charge < -0.3 is 9.05 Å². The lowest BCUT2D eigenvalue weighted by molar-refractivity contribution is 0.217. The summed E-state index contributed by atoms with van der Waals surface area (Å²) >= 11 is 0. The summed E-state index contributed by atoms with van der Waals surface area (Å²) in [6.45, 7) is 9.66. The van der Waals surface area contributed by atoms with Gasteiger partial charge in [-0.05, 0) is 34.7 Å². The van der Waals surface area contributed by atoms with Crippen LogP contribution in [0.15, 0.2) is 0 Å². The number of rotatable bonds is 6. The summed E-state index contributed by atoms with van der Waals surface area (Å²) in [5, 5.41) is 0. The van der Waals surface area contributed by atoms with Crippen molar-refractivity contribution in [2.75, 3.05) is 20.3 Å². The molecular formula is C8H20NO2P. The third-order valence-corrected chi connectivity index (χ3v) is 3.42. The highest BCUT2D eigenvalue weighted by Crippen LogP contribution is 2.42. The zero-order valence-corrected chi connectivity index (χ0v) is 9.60. The van der Waals surface area contributed by atoms with E-state index in [2.05, 4.69) is 18.5 Å². The highest BCUT2D eigenvalue weighted by molar-refractivity contribution is 7.44. The largest absolute Gasteiger partial charge is 0.322 e. The molecule has 0 aliphatic heterocycles. The van der Waals surface area contributed by atoms with Gasteiger partial charge in [0.25, 0.3) is 8.53 Å². The SMILES string of the molecule is CCOP(OCC)N(C)C(C)C. The maximum Gasteiger partial charge on any atom is 0.258 e. The monoisotopic (exact) mass is 193 g/mol. The minimum Gasteiger partial charge on any atom is -0.322 e. The topological polar surface area (TPSA) is 21.7 Å². The van der Waals surface area contributed by atoms with Crippen LogP contribution in [0.4, 0.5) is 0 Å². The summed E-state index contributed by atoms with van der Waals surface area (Å²) in [7, 11) is 1.20. The van der Waals surface area contributed by atoms with Gasteiger partial charge in [-0.1, -0.05) is 0 Å². The lowest BCUT2D eigenvalue weighted by Crippen LogP contribution is -2.22. The molecule has 0 N–H and O–H groups in total. The Labute approximate surface area is 77.0 Å². The lowest BCUT2D eigenvalue weighted by atomic mass is 10.4. The molecule has 0 bridgehead atoms. The standard InChI is InChI=1S/C8H20NO2P/c1-6-10-12(11-7-2)9(5)8(3)4/h8H,6-7H2,1-5H3. The Hall–Kier alpha value is 0.310. The van der Waals surface area contributed by atoms with Gasteiger partial charge in [-0.3, -0.25) is 0 Å². The number of hydrogen-bond donors (Lipinski definition) is 0. The highest BCUT2D eigenvalue weighted by atomic mass is 31.2. The first-order valence-corrected chi connectivity index (χ1v) is 5.55. The average molecular weight is 193 g/mol. The van der Waals surface area contributed by atoms with Gasteiger partial charge in [-0.25, -0.2) is 4.67 Å². The molecule has 0 heterocycles. The Morgan fingerprint density at radius 1 is 1.17 bits per heavy atom. The molecular weight excluding hydrogens is 173 g/mol. The van der Waals surface area contributed by atoms with Crippen molar-refractivity contribution in [1.82, 2.24) is 4.67 Å². The lowest BCUT2D eigenvalue weighted by Gasteiger charge is -2.28. The first kappa shape index (κ1) is 12.3. The van der Waals surface area contributed by atoms with E-state index in [1.807, 2.05) is 20.9 Å². The van der Waals surface area contributed by atoms with Crippen molar-refractivity contribution >= 4 is 8.53 Å². The second-order valence-electron chi connectivity index (χ2n) is 2.74. The molecule has 74 valence electrons. The summed E-state index contributed by atoms with van der Waals surface area (Å²) < 4.78 is 13.1. The quantitative estimate of drug-likeness (QED) is 0.605. The predicted molar refractivity (Wildman–Crippen MR) is 53.1 cm³/mol. The second kappa shape index (κ2) is 6.79. The smallest absolute Gasteiger partial charge is 0.258 e. The van der Waals surface area contributed by atoms with Crippen LogP contribution >= 0.6 is 8.53 Å². The van der Waals surface area contributed by atoms with Crippen molar-refractivity contribution < 1.29 is 9.05 Å². The van der Waals surface area contributed by atoms with E-state index in [-0.39, 0.29) is 0 Å². The van der Waals surface area contributed by atoms with E-state index in [1.54, 1.807) is 0 Å². The molecule has 0 aromatic heterocycles. The van der Waals surface area contributed by atoms with Gasteiger partial charge in [0.05, 0.1) is 13.2 Å². The fourth-order valence-corrected chi connectivity index (χ4v) is 1.89. The summed E-state index contributed by atoms with van der Waals surface area (Å²) in [5.41, 5.74) is 0. The average Bonchev–Trinajstić information content (AvgIpc) is 2.03. The zero-order chi connectivity index (χ0) is 9.56. The van der Waals surface area contributed by atoms with Crippen molar-refractivity contribution in [2.24, 2.45) is 0 Å².